The Balaban J connectivity index is 2.42. The molecule has 1 nitrogen and oxygen atoms in total. The fourth-order valence-electron chi connectivity index (χ4n) is 1.40. The molecule has 0 amide bonds. The van der Waals surface area contributed by atoms with Gasteiger partial charge in [0.15, 0.2) is 0 Å². The predicted molar refractivity (Wildman–Crippen MR) is 59.9 cm³/mol. The van der Waals surface area contributed by atoms with Crippen molar-refractivity contribution in [2.75, 3.05) is 11.9 Å². The molecule has 1 aliphatic rings. The molecule has 0 saturated heterocycles. The van der Waals surface area contributed by atoms with Gasteiger partial charge in [-0.15, -0.1) is 11.8 Å². The average molecular weight is 214 g/mol. The molecule has 0 bridgehead atoms. The van der Waals surface area contributed by atoms with Crippen molar-refractivity contribution in [3.63, 3.8) is 0 Å². The van der Waals surface area contributed by atoms with Gasteiger partial charge in [-0.2, -0.15) is 0 Å². The van der Waals surface area contributed by atoms with E-state index >= 15 is 0 Å². The molecule has 0 spiro atoms. The lowest BCUT2D eigenvalue weighted by molar-refractivity contribution is 0.739. The van der Waals surface area contributed by atoms with Crippen LogP contribution >= 0.6 is 23.4 Å². The zero-order valence-electron chi connectivity index (χ0n) is 7.73. The first-order valence-corrected chi connectivity index (χ1v) is 5.49. The predicted octanol–water partition coefficient (Wildman–Crippen LogP) is 3.64. The lowest BCUT2D eigenvalue weighted by atomic mass is 10.2. The van der Waals surface area contributed by atoms with Crippen LogP contribution in [-0.4, -0.2) is 11.3 Å². The summed E-state index contributed by atoms with van der Waals surface area (Å²) in [5, 5.41) is 4.19. The minimum absolute atomic E-state index is 0.262. The van der Waals surface area contributed by atoms with E-state index in [1.807, 2.05) is 23.9 Å². The molecular formula is C10H12ClNS. The van der Waals surface area contributed by atoms with Crippen LogP contribution < -0.4 is 5.32 Å². The topological polar surface area (TPSA) is 12.0 Å². The van der Waals surface area contributed by atoms with Crippen LogP contribution in [0.3, 0.4) is 0 Å². The van der Waals surface area contributed by atoms with Gasteiger partial charge in [0.1, 0.15) is 0 Å². The van der Waals surface area contributed by atoms with Crippen molar-refractivity contribution in [3.05, 3.63) is 23.2 Å². The summed E-state index contributed by atoms with van der Waals surface area (Å²) in [7, 11) is 0. The molecule has 70 valence electrons. The fraction of sp³-hybridized carbons (Fsp3) is 0.400. The Morgan fingerprint density at radius 1 is 1.46 bits per heavy atom. The third kappa shape index (κ3) is 1.79. The van der Waals surface area contributed by atoms with Gasteiger partial charge < -0.3 is 5.32 Å². The number of para-hydroxylation sites is 1. The van der Waals surface area contributed by atoms with Crippen molar-refractivity contribution in [1.29, 1.82) is 0 Å². The Hall–Kier alpha value is -0.340. The molecule has 1 N–H and O–H groups in total. The van der Waals surface area contributed by atoms with E-state index in [4.69, 9.17) is 11.6 Å². The van der Waals surface area contributed by atoms with E-state index in [0.29, 0.717) is 0 Å². The number of fused-ring (bicyclic) bond motifs is 1. The maximum atomic E-state index is 6.06. The monoisotopic (exact) mass is 213 g/mol. The summed E-state index contributed by atoms with van der Waals surface area (Å²) in [6.07, 6.45) is 0. The van der Waals surface area contributed by atoms with Gasteiger partial charge in [-0.3, -0.25) is 0 Å². The van der Waals surface area contributed by atoms with Crippen molar-refractivity contribution in [2.45, 2.75) is 23.5 Å². The van der Waals surface area contributed by atoms with E-state index in [9.17, 15) is 0 Å². The van der Waals surface area contributed by atoms with Gasteiger partial charge in [0.2, 0.25) is 0 Å². The molecule has 1 aliphatic heterocycles. The second-order valence-electron chi connectivity index (χ2n) is 3.83. The number of thioether (sulfide) groups is 1. The van der Waals surface area contributed by atoms with Gasteiger partial charge in [0.25, 0.3) is 0 Å². The molecule has 0 fully saturated rings. The van der Waals surface area contributed by atoms with E-state index in [-0.39, 0.29) is 4.75 Å². The molecule has 0 atom stereocenters. The van der Waals surface area contributed by atoms with E-state index in [1.54, 1.807) is 0 Å². The van der Waals surface area contributed by atoms with Crippen molar-refractivity contribution < 1.29 is 0 Å². The second-order valence-corrected chi connectivity index (χ2v) is 5.98. The van der Waals surface area contributed by atoms with Crippen LogP contribution in [0.4, 0.5) is 5.69 Å². The Morgan fingerprint density at radius 2 is 2.23 bits per heavy atom. The zero-order valence-corrected chi connectivity index (χ0v) is 9.30. The van der Waals surface area contributed by atoms with Crippen LogP contribution in [0.1, 0.15) is 13.8 Å². The van der Waals surface area contributed by atoms with Crippen LogP contribution in [0.2, 0.25) is 5.02 Å². The molecule has 0 unspecified atom stereocenters. The Labute approximate surface area is 87.9 Å². The van der Waals surface area contributed by atoms with E-state index in [0.717, 1.165) is 17.3 Å². The second kappa shape index (κ2) is 3.10. The van der Waals surface area contributed by atoms with E-state index in [1.165, 1.54) is 4.90 Å². The van der Waals surface area contributed by atoms with Crippen LogP contribution in [0, 0.1) is 0 Å². The van der Waals surface area contributed by atoms with Crippen molar-refractivity contribution in [1.82, 2.24) is 0 Å². The molecule has 2 rings (SSSR count). The lowest BCUT2D eigenvalue weighted by Crippen LogP contribution is -2.30. The zero-order chi connectivity index (χ0) is 9.47. The van der Waals surface area contributed by atoms with Gasteiger partial charge >= 0.3 is 0 Å². The molecule has 3 heteroatoms. The van der Waals surface area contributed by atoms with Gasteiger partial charge in [-0.1, -0.05) is 17.7 Å². The first-order chi connectivity index (χ1) is 6.08. The van der Waals surface area contributed by atoms with Gasteiger partial charge in [0.05, 0.1) is 10.7 Å². The molecule has 13 heavy (non-hydrogen) atoms. The number of anilines is 1. The number of rotatable bonds is 0. The minimum atomic E-state index is 0.262. The summed E-state index contributed by atoms with van der Waals surface area (Å²) in [6.45, 7) is 5.43. The highest BCUT2D eigenvalue weighted by molar-refractivity contribution is 8.00. The van der Waals surface area contributed by atoms with Gasteiger partial charge in [-0.25, -0.2) is 0 Å². The largest absolute Gasteiger partial charge is 0.382 e. The van der Waals surface area contributed by atoms with Gasteiger partial charge in [-0.05, 0) is 26.0 Å². The lowest BCUT2D eigenvalue weighted by Gasteiger charge is -2.32. The summed E-state index contributed by atoms with van der Waals surface area (Å²) in [5.74, 6) is 0. The average Bonchev–Trinajstić information content (AvgIpc) is 2.02. The third-order valence-electron chi connectivity index (χ3n) is 2.05. The van der Waals surface area contributed by atoms with Crippen LogP contribution in [0.5, 0.6) is 0 Å². The first-order valence-electron chi connectivity index (χ1n) is 4.30. The van der Waals surface area contributed by atoms with E-state index in [2.05, 4.69) is 25.2 Å². The summed E-state index contributed by atoms with van der Waals surface area (Å²) in [6, 6.07) is 6.03. The van der Waals surface area contributed by atoms with Crippen LogP contribution in [0.15, 0.2) is 23.1 Å². The van der Waals surface area contributed by atoms with Crippen molar-refractivity contribution >= 4 is 29.1 Å². The number of halogens is 1. The maximum Gasteiger partial charge on any atom is 0.0668 e. The number of hydrogen-bond donors (Lipinski definition) is 1. The first kappa shape index (κ1) is 9.22. The van der Waals surface area contributed by atoms with Crippen molar-refractivity contribution in [3.8, 4) is 0 Å². The normalized spacial score (nSPS) is 19.0. The summed E-state index contributed by atoms with van der Waals surface area (Å²) in [4.78, 5) is 1.25. The number of nitrogens with one attached hydrogen (secondary N) is 1. The highest BCUT2D eigenvalue weighted by Gasteiger charge is 2.26. The summed E-state index contributed by atoms with van der Waals surface area (Å²) >= 11 is 7.94. The third-order valence-corrected chi connectivity index (χ3v) is 3.62. The summed E-state index contributed by atoms with van der Waals surface area (Å²) in [5.41, 5.74) is 1.09. The van der Waals surface area contributed by atoms with E-state index < -0.39 is 0 Å². The number of hydrogen-bond acceptors (Lipinski definition) is 2. The summed E-state index contributed by atoms with van der Waals surface area (Å²) < 4.78 is 0.262. The standard InChI is InChI=1S/C10H12ClNS/c1-10(2)6-12-9-7(11)4-3-5-8(9)13-10/h3-5,12H,6H2,1-2H3. The highest BCUT2D eigenvalue weighted by Crippen LogP contribution is 2.43. The van der Waals surface area contributed by atoms with Crippen LogP contribution in [-0.2, 0) is 0 Å². The molecular weight excluding hydrogens is 202 g/mol. The molecule has 0 aliphatic carbocycles. The molecule has 0 aromatic heterocycles. The minimum Gasteiger partial charge on any atom is -0.382 e. The Bertz CT molecular complexity index is 336. The Kier molecular flexibility index (Phi) is 2.20. The van der Waals surface area contributed by atoms with Gasteiger partial charge in [0, 0.05) is 16.2 Å². The smallest absolute Gasteiger partial charge is 0.0668 e. The molecule has 1 aromatic carbocycles. The highest BCUT2D eigenvalue weighted by atomic mass is 35.5. The number of benzene rings is 1. The Morgan fingerprint density at radius 3 is 3.00 bits per heavy atom. The van der Waals surface area contributed by atoms with Crippen LogP contribution in [0.25, 0.3) is 0 Å². The van der Waals surface area contributed by atoms with Crippen molar-refractivity contribution in [2.24, 2.45) is 0 Å². The maximum absolute atomic E-state index is 6.06. The fourth-order valence-corrected chi connectivity index (χ4v) is 2.86. The SMILES string of the molecule is CC1(C)CNc2c(Cl)cccc2S1. The molecule has 1 heterocycles. The quantitative estimate of drug-likeness (QED) is 0.706. The molecule has 0 radical (unpaired) electrons. The molecule has 1 aromatic rings. The molecule has 0 saturated carbocycles.